The van der Waals surface area contributed by atoms with Gasteiger partial charge >= 0.3 is 5.97 Å². The van der Waals surface area contributed by atoms with Gasteiger partial charge in [0.05, 0.1) is 23.0 Å². The fourth-order valence-corrected chi connectivity index (χ4v) is 5.60. The summed E-state index contributed by atoms with van der Waals surface area (Å²) >= 11 is 1.17. The van der Waals surface area contributed by atoms with Gasteiger partial charge in [-0.05, 0) is 11.8 Å². The zero-order valence-corrected chi connectivity index (χ0v) is 14.9. The number of hydrogen-bond donors (Lipinski definition) is 2. The van der Waals surface area contributed by atoms with E-state index in [-0.39, 0.29) is 23.8 Å². The van der Waals surface area contributed by atoms with E-state index in [1.165, 1.54) is 11.8 Å². The number of aliphatic carboxylic acids is 1. The van der Waals surface area contributed by atoms with Gasteiger partial charge in [-0.15, -0.1) is 11.8 Å². The van der Waals surface area contributed by atoms with Crippen LogP contribution in [-0.2, 0) is 31.6 Å². The molecule has 2 aliphatic heterocycles. The van der Waals surface area contributed by atoms with Crippen molar-refractivity contribution in [3.63, 3.8) is 0 Å². The molecule has 2 N–H and O–H groups in total. The second-order valence-electron chi connectivity index (χ2n) is 5.61. The Balaban J connectivity index is 1.75. The van der Waals surface area contributed by atoms with Crippen LogP contribution in [0.1, 0.15) is 5.56 Å². The Labute approximate surface area is 150 Å². The van der Waals surface area contributed by atoms with Gasteiger partial charge in [-0.25, -0.2) is 4.79 Å². The maximum absolute atomic E-state index is 12.4. The number of amides is 2. The maximum atomic E-state index is 12.4. The van der Waals surface area contributed by atoms with Gasteiger partial charge in [0.1, 0.15) is 17.1 Å². The smallest absolute Gasteiger partial charge is 0.353 e. The number of carboxylic acid groups (broad SMARTS) is 1. The van der Waals surface area contributed by atoms with Gasteiger partial charge in [-0.1, -0.05) is 30.3 Å². The van der Waals surface area contributed by atoms with E-state index in [1.807, 2.05) is 18.2 Å². The molecule has 3 rings (SSSR count). The van der Waals surface area contributed by atoms with Crippen molar-refractivity contribution in [3.05, 3.63) is 46.5 Å². The van der Waals surface area contributed by atoms with Gasteiger partial charge in [-0.2, -0.15) is 0 Å². The first kappa shape index (κ1) is 17.7. The van der Waals surface area contributed by atoms with E-state index in [0.717, 1.165) is 10.5 Å². The number of β-lactam (4-membered cyclic amide) rings is 1. The van der Waals surface area contributed by atoms with Crippen molar-refractivity contribution in [1.82, 2.24) is 10.2 Å². The molecule has 2 unspecified atom stereocenters. The number of hydrogen-bond acceptors (Lipinski definition) is 5. The summed E-state index contributed by atoms with van der Waals surface area (Å²) in [6.45, 7) is 0. The molecule has 25 heavy (non-hydrogen) atoms. The number of thioether (sulfide) groups is 1. The summed E-state index contributed by atoms with van der Waals surface area (Å²) in [7, 11) is -1.46. The quantitative estimate of drug-likeness (QED) is 0.713. The molecular formula is C16H16N2O5S2. The predicted octanol–water partition coefficient (Wildman–Crippen LogP) is 0.304. The average molecular weight is 380 g/mol. The lowest BCUT2D eigenvalue weighted by Gasteiger charge is -2.48. The molecule has 3 atom stereocenters. The van der Waals surface area contributed by atoms with E-state index in [0.29, 0.717) is 4.91 Å². The Morgan fingerprint density at radius 3 is 2.64 bits per heavy atom. The number of fused-ring (bicyclic) bond motifs is 1. The van der Waals surface area contributed by atoms with Gasteiger partial charge in [0.25, 0.3) is 5.91 Å². The summed E-state index contributed by atoms with van der Waals surface area (Å²) in [4.78, 5) is 37.5. The van der Waals surface area contributed by atoms with Crippen molar-refractivity contribution in [2.45, 2.75) is 17.8 Å². The second-order valence-corrected chi connectivity index (χ2v) is 8.05. The fourth-order valence-electron chi connectivity index (χ4n) is 2.90. The minimum absolute atomic E-state index is 0.0717. The molecule has 0 spiro atoms. The zero-order valence-electron chi connectivity index (χ0n) is 13.3. The fraction of sp³-hybridized carbons (Fsp3) is 0.312. The van der Waals surface area contributed by atoms with Crippen LogP contribution in [0, 0.1) is 0 Å². The van der Waals surface area contributed by atoms with Crippen LogP contribution in [0.4, 0.5) is 0 Å². The lowest BCUT2D eigenvalue weighted by molar-refractivity contribution is -0.150. The van der Waals surface area contributed by atoms with Crippen LogP contribution in [0.15, 0.2) is 40.9 Å². The number of rotatable bonds is 5. The molecule has 0 aromatic heterocycles. The molecule has 1 fully saturated rings. The molecule has 1 saturated heterocycles. The molecule has 0 radical (unpaired) electrons. The molecular weight excluding hydrogens is 364 g/mol. The van der Waals surface area contributed by atoms with Gasteiger partial charge < -0.3 is 10.4 Å². The average Bonchev–Trinajstić information content (AvgIpc) is 2.59. The summed E-state index contributed by atoms with van der Waals surface area (Å²) in [5.74, 6) is -2.06. The largest absolute Gasteiger partial charge is 0.477 e. The Morgan fingerprint density at radius 1 is 1.36 bits per heavy atom. The molecule has 1 aromatic rings. The van der Waals surface area contributed by atoms with Crippen LogP contribution in [-0.4, -0.2) is 55.4 Å². The van der Waals surface area contributed by atoms with Gasteiger partial charge in [0, 0.05) is 4.91 Å². The third-order valence-corrected chi connectivity index (χ3v) is 6.67. The van der Waals surface area contributed by atoms with Crippen LogP contribution < -0.4 is 5.32 Å². The zero-order chi connectivity index (χ0) is 18.1. The van der Waals surface area contributed by atoms with Crippen molar-refractivity contribution in [1.29, 1.82) is 0 Å². The Bertz CT molecular complexity index is 793. The van der Waals surface area contributed by atoms with Crippen molar-refractivity contribution in [3.8, 4) is 0 Å². The van der Waals surface area contributed by atoms with Gasteiger partial charge in [0.15, 0.2) is 0 Å². The first-order valence-corrected chi connectivity index (χ1v) is 10.1. The van der Waals surface area contributed by atoms with Crippen molar-refractivity contribution < 1.29 is 23.7 Å². The first-order chi connectivity index (χ1) is 11.9. The number of carboxylic acids is 1. The maximum Gasteiger partial charge on any atom is 0.353 e. The Kier molecular flexibility index (Phi) is 4.96. The summed E-state index contributed by atoms with van der Waals surface area (Å²) in [6.07, 6.45) is 1.78. The van der Waals surface area contributed by atoms with Gasteiger partial charge in [0.2, 0.25) is 5.91 Å². The Morgan fingerprint density at radius 2 is 2.04 bits per heavy atom. The summed E-state index contributed by atoms with van der Waals surface area (Å²) in [5.41, 5.74) is 0.667. The van der Waals surface area contributed by atoms with E-state index >= 15 is 0 Å². The Hall–Kier alpha value is -2.13. The number of nitrogens with one attached hydrogen (secondary N) is 1. The van der Waals surface area contributed by atoms with Crippen molar-refractivity contribution in [2.75, 3.05) is 12.0 Å². The normalized spacial score (nSPS) is 25.2. The number of carbonyl (C=O) groups is 3. The second kappa shape index (κ2) is 7.01. The molecule has 2 heterocycles. The third kappa shape index (κ3) is 3.21. The molecule has 0 aliphatic carbocycles. The van der Waals surface area contributed by atoms with Crippen molar-refractivity contribution in [2.24, 2.45) is 0 Å². The van der Waals surface area contributed by atoms with Crippen LogP contribution in [0.25, 0.3) is 0 Å². The number of carbonyl (C=O) groups excluding carboxylic acids is 2. The predicted molar refractivity (Wildman–Crippen MR) is 93.9 cm³/mol. The molecule has 9 heteroatoms. The summed E-state index contributed by atoms with van der Waals surface area (Å²) in [5, 5.41) is 11.1. The number of nitrogens with zero attached hydrogens (tertiary/aromatic N) is 1. The standard InChI is InChI=1S/C16H16N2O5S2/c1-24-10-8-25(23)15-12(14(20)18(15)13(10)16(21)22)17-11(19)7-9-5-3-2-4-6-9/h2-6,12,15H,7-8H2,1H3,(H,17,19)(H,21,22)/t12?,15-,25?/m0/s1. The van der Waals surface area contributed by atoms with Crippen LogP contribution in [0.5, 0.6) is 0 Å². The highest BCUT2D eigenvalue weighted by Crippen LogP contribution is 2.37. The molecule has 2 aliphatic rings. The molecule has 0 bridgehead atoms. The summed E-state index contributed by atoms with van der Waals surface area (Å²) < 4.78 is 12.4. The van der Waals surface area contributed by atoms with Crippen LogP contribution in [0.2, 0.25) is 0 Å². The minimum atomic E-state index is -1.46. The highest BCUT2D eigenvalue weighted by Gasteiger charge is 2.57. The first-order valence-electron chi connectivity index (χ1n) is 7.48. The van der Waals surface area contributed by atoms with E-state index in [4.69, 9.17) is 0 Å². The number of benzene rings is 1. The van der Waals surface area contributed by atoms with E-state index in [9.17, 15) is 23.7 Å². The highest BCUT2D eigenvalue weighted by atomic mass is 32.2. The molecule has 1 aromatic carbocycles. The molecule has 2 amide bonds. The topological polar surface area (TPSA) is 104 Å². The molecule has 0 saturated carbocycles. The van der Waals surface area contributed by atoms with E-state index < -0.39 is 34.1 Å². The lowest BCUT2D eigenvalue weighted by atomic mass is 10.0. The lowest BCUT2D eigenvalue weighted by Crippen LogP contribution is -2.73. The third-order valence-electron chi connectivity index (χ3n) is 4.06. The van der Waals surface area contributed by atoms with Crippen molar-refractivity contribution >= 4 is 40.3 Å². The minimum Gasteiger partial charge on any atom is -0.477 e. The van der Waals surface area contributed by atoms with Crippen LogP contribution in [0.3, 0.4) is 0 Å². The van der Waals surface area contributed by atoms with Gasteiger partial charge in [-0.3, -0.25) is 18.7 Å². The monoisotopic (exact) mass is 380 g/mol. The molecule has 132 valence electrons. The summed E-state index contributed by atoms with van der Waals surface area (Å²) in [6, 6.07) is 8.09. The SMILES string of the molecule is CSC1=C(C(=O)O)N2C(=O)C(NC(=O)Cc3ccccc3)[C@@H]2S(=O)C1. The molecule has 7 nitrogen and oxygen atoms in total. The van der Waals surface area contributed by atoms with Crippen LogP contribution >= 0.6 is 11.8 Å². The van der Waals surface area contributed by atoms with E-state index in [1.54, 1.807) is 18.4 Å². The van der Waals surface area contributed by atoms with E-state index in [2.05, 4.69) is 5.32 Å². The highest BCUT2D eigenvalue weighted by molar-refractivity contribution is 8.03.